The van der Waals surface area contributed by atoms with Gasteiger partial charge in [0.1, 0.15) is 5.75 Å². The van der Waals surface area contributed by atoms with E-state index in [2.05, 4.69) is 41.7 Å². The van der Waals surface area contributed by atoms with Crippen molar-refractivity contribution in [1.82, 2.24) is 5.32 Å². The lowest BCUT2D eigenvalue weighted by molar-refractivity contribution is 0.0114. The zero-order chi connectivity index (χ0) is 15.9. The molecule has 24 heavy (non-hydrogen) atoms. The molecule has 0 saturated carbocycles. The number of halogens is 1. The van der Waals surface area contributed by atoms with E-state index < -0.39 is 0 Å². The van der Waals surface area contributed by atoms with Crippen molar-refractivity contribution in [2.24, 2.45) is 5.92 Å². The number of piperidine rings is 1. The fourth-order valence-corrected chi connectivity index (χ4v) is 3.19. The first-order valence-electron chi connectivity index (χ1n) is 8.32. The minimum atomic E-state index is 0. The van der Waals surface area contributed by atoms with E-state index >= 15 is 0 Å². The van der Waals surface area contributed by atoms with Gasteiger partial charge in [0.15, 0.2) is 0 Å². The van der Waals surface area contributed by atoms with Crippen LogP contribution in [0.15, 0.2) is 54.6 Å². The summed E-state index contributed by atoms with van der Waals surface area (Å²) >= 11 is 0. The largest absolute Gasteiger partial charge is 0.497 e. The molecule has 2 aromatic rings. The Balaban J connectivity index is 0.00000208. The van der Waals surface area contributed by atoms with Gasteiger partial charge in [0.2, 0.25) is 0 Å². The summed E-state index contributed by atoms with van der Waals surface area (Å²) in [5, 5.41) is 3.51. The van der Waals surface area contributed by atoms with E-state index in [9.17, 15) is 0 Å². The first-order chi connectivity index (χ1) is 11.3. The molecule has 1 saturated heterocycles. The van der Waals surface area contributed by atoms with Crippen LogP contribution in [0.25, 0.3) is 0 Å². The van der Waals surface area contributed by atoms with E-state index in [1.54, 1.807) is 7.11 Å². The van der Waals surface area contributed by atoms with E-state index in [4.69, 9.17) is 9.47 Å². The predicted octanol–water partition coefficient (Wildman–Crippen LogP) is 3.85. The Labute approximate surface area is 150 Å². The number of hydrogen-bond acceptors (Lipinski definition) is 3. The second-order valence-corrected chi connectivity index (χ2v) is 6.23. The van der Waals surface area contributed by atoms with Crippen LogP contribution in [0, 0.1) is 5.92 Å². The molecule has 1 fully saturated rings. The van der Waals surface area contributed by atoms with Gasteiger partial charge in [-0.1, -0.05) is 42.5 Å². The third kappa shape index (κ3) is 5.52. The molecule has 0 bridgehead atoms. The van der Waals surface area contributed by atoms with Gasteiger partial charge in [-0.05, 0) is 48.6 Å². The highest BCUT2D eigenvalue weighted by Gasteiger charge is 2.22. The summed E-state index contributed by atoms with van der Waals surface area (Å²) in [7, 11) is 1.69. The predicted molar refractivity (Wildman–Crippen MR) is 99.9 cm³/mol. The fourth-order valence-electron chi connectivity index (χ4n) is 3.19. The van der Waals surface area contributed by atoms with Crippen molar-refractivity contribution in [3.63, 3.8) is 0 Å². The molecule has 0 aromatic heterocycles. The Hall–Kier alpha value is -1.55. The van der Waals surface area contributed by atoms with Crippen molar-refractivity contribution >= 4 is 12.4 Å². The summed E-state index contributed by atoms with van der Waals surface area (Å²) in [6, 6.07) is 18.8. The number of benzene rings is 2. The zero-order valence-electron chi connectivity index (χ0n) is 14.1. The lowest BCUT2D eigenvalue weighted by Gasteiger charge is -2.30. The smallest absolute Gasteiger partial charge is 0.119 e. The first kappa shape index (κ1) is 18.8. The monoisotopic (exact) mass is 347 g/mol. The van der Waals surface area contributed by atoms with Crippen molar-refractivity contribution in [3.8, 4) is 5.75 Å². The van der Waals surface area contributed by atoms with Crippen molar-refractivity contribution in [2.45, 2.75) is 25.6 Å². The van der Waals surface area contributed by atoms with Crippen LogP contribution in [0.2, 0.25) is 0 Å². The Morgan fingerprint density at radius 1 is 1.00 bits per heavy atom. The van der Waals surface area contributed by atoms with Crippen LogP contribution in [0.4, 0.5) is 0 Å². The molecule has 2 aromatic carbocycles. The summed E-state index contributed by atoms with van der Waals surface area (Å²) in [6.45, 7) is 2.66. The van der Waals surface area contributed by atoms with E-state index in [-0.39, 0.29) is 18.5 Å². The molecule has 2 atom stereocenters. The number of nitrogens with one attached hydrogen (secondary N) is 1. The van der Waals surface area contributed by atoms with Crippen molar-refractivity contribution in [1.29, 1.82) is 0 Å². The molecule has 3 nitrogen and oxygen atoms in total. The van der Waals surface area contributed by atoms with Crippen molar-refractivity contribution in [3.05, 3.63) is 65.7 Å². The second-order valence-electron chi connectivity index (χ2n) is 6.23. The van der Waals surface area contributed by atoms with Gasteiger partial charge in [0, 0.05) is 6.54 Å². The first-order valence-corrected chi connectivity index (χ1v) is 8.32. The van der Waals surface area contributed by atoms with Crippen LogP contribution in [0.5, 0.6) is 5.75 Å². The van der Waals surface area contributed by atoms with E-state index in [1.807, 2.05) is 18.2 Å². The lowest BCUT2D eigenvalue weighted by atomic mass is 9.91. The molecule has 2 unspecified atom stereocenters. The standard InChI is InChI=1S/C20H25NO2.ClH/c1-22-19-9-5-8-17(11-19)15-23-20-12-18(13-21-14-20)10-16-6-3-2-4-7-16;/h2-9,11,18,20-21H,10,12-15H2,1H3;1H. The van der Waals surface area contributed by atoms with Crippen LogP contribution >= 0.6 is 12.4 Å². The van der Waals surface area contributed by atoms with Crippen LogP contribution < -0.4 is 10.1 Å². The van der Waals surface area contributed by atoms with Gasteiger partial charge in [-0.15, -0.1) is 12.4 Å². The number of methoxy groups -OCH3 is 1. The summed E-state index contributed by atoms with van der Waals surface area (Å²) < 4.78 is 11.4. The molecule has 0 spiro atoms. The molecule has 130 valence electrons. The molecule has 0 aliphatic carbocycles. The lowest BCUT2D eigenvalue weighted by Crippen LogP contribution is -2.41. The minimum absolute atomic E-state index is 0. The van der Waals surface area contributed by atoms with Gasteiger partial charge in [-0.25, -0.2) is 0 Å². The van der Waals surface area contributed by atoms with Gasteiger partial charge in [0.05, 0.1) is 19.8 Å². The highest BCUT2D eigenvalue weighted by atomic mass is 35.5. The van der Waals surface area contributed by atoms with Crippen LogP contribution in [0.1, 0.15) is 17.5 Å². The molecule has 4 heteroatoms. The molecular weight excluding hydrogens is 322 g/mol. The van der Waals surface area contributed by atoms with Crippen LogP contribution in [-0.4, -0.2) is 26.3 Å². The SMILES string of the molecule is COc1cccc(COC2CNCC(Cc3ccccc3)C2)c1.Cl. The highest BCUT2D eigenvalue weighted by Crippen LogP contribution is 2.20. The molecule has 1 aliphatic heterocycles. The zero-order valence-corrected chi connectivity index (χ0v) is 14.9. The van der Waals surface area contributed by atoms with Gasteiger partial charge < -0.3 is 14.8 Å². The summed E-state index contributed by atoms with van der Waals surface area (Å²) in [5.41, 5.74) is 2.57. The molecule has 3 rings (SSSR count). The Morgan fingerprint density at radius 2 is 1.79 bits per heavy atom. The number of ether oxygens (including phenoxy) is 2. The molecule has 1 aliphatic rings. The quantitative estimate of drug-likeness (QED) is 0.860. The molecule has 0 amide bonds. The van der Waals surface area contributed by atoms with E-state index in [1.165, 1.54) is 5.56 Å². The van der Waals surface area contributed by atoms with E-state index in [0.29, 0.717) is 12.5 Å². The van der Waals surface area contributed by atoms with E-state index in [0.717, 1.165) is 37.2 Å². The Bertz CT molecular complexity index is 606. The number of rotatable bonds is 6. The third-order valence-corrected chi connectivity index (χ3v) is 4.39. The highest BCUT2D eigenvalue weighted by molar-refractivity contribution is 5.85. The molecule has 1 heterocycles. The van der Waals surface area contributed by atoms with Crippen molar-refractivity contribution < 1.29 is 9.47 Å². The maximum absolute atomic E-state index is 6.12. The summed E-state index contributed by atoms with van der Waals surface area (Å²) in [5.74, 6) is 1.52. The van der Waals surface area contributed by atoms with Gasteiger partial charge in [-0.3, -0.25) is 0 Å². The van der Waals surface area contributed by atoms with Crippen LogP contribution in [0.3, 0.4) is 0 Å². The number of hydrogen-bond donors (Lipinski definition) is 1. The molecular formula is C20H26ClNO2. The summed E-state index contributed by atoms with van der Waals surface area (Å²) in [6.07, 6.45) is 2.52. The van der Waals surface area contributed by atoms with Gasteiger partial charge >= 0.3 is 0 Å². The third-order valence-electron chi connectivity index (χ3n) is 4.39. The minimum Gasteiger partial charge on any atom is -0.497 e. The fraction of sp³-hybridized carbons (Fsp3) is 0.400. The average Bonchev–Trinajstić information content (AvgIpc) is 2.61. The van der Waals surface area contributed by atoms with Crippen molar-refractivity contribution in [2.75, 3.05) is 20.2 Å². The molecule has 1 N–H and O–H groups in total. The second kappa shape index (κ2) is 9.67. The maximum Gasteiger partial charge on any atom is 0.119 e. The Kier molecular flexibility index (Phi) is 7.57. The van der Waals surface area contributed by atoms with Gasteiger partial charge in [-0.2, -0.15) is 0 Å². The molecule has 0 radical (unpaired) electrons. The maximum atomic E-state index is 6.12. The average molecular weight is 348 g/mol. The normalized spacial score (nSPS) is 20.2. The topological polar surface area (TPSA) is 30.5 Å². The van der Waals surface area contributed by atoms with Crippen LogP contribution in [-0.2, 0) is 17.8 Å². The van der Waals surface area contributed by atoms with Gasteiger partial charge in [0.25, 0.3) is 0 Å². The summed E-state index contributed by atoms with van der Waals surface area (Å²) in [4.78, 5) is 0. The Morgan fingerprint density at radius 3 is 2.58 bits per heavy atom.